The van der Waals surface area contributed by atoms with E-state index in [0.717, 1.165) is 31.1 Å². The van der Waals surface area contributed by atoms with Crippen LogP contribution in [-0.2, 0) is 16.6 Å². The molecule has 322 valence electrons. The van der Waals surface area contributed by atoms with E-state index in [4.69, 9.17) is 9.84 Å². The van der Waals surface area contributed by atoms with Crippen LogP contribution in [0.5, 0.6) is 5.75 Å². The van der Waals surface area contributed by atoms with Gasteiger partial charge in [0.15, 0.2) is 0 Å². The highest BCUT2D eigenvalue weighted by molar-refractivity contribution is 6.08. The van der Waals surface area contributed by atoms with Gasteiger partial charge in [-0.05, 0) is 101 Å². The van der Waals surface area contributed by atoms with Crippen molar-refractivity contribution in [1.82, 2.24) is 33.7 Å². The maximum atomic E-state index is 16.0. The first-order valence-electron chi connectivity index (χ1n) is 21.2. The summed E-state index contributed by atoms with van der Waals surface area (Å²) >= 11 is 0. The molecule has 2 aromatic carbocycles. The van der Waals surface area contributed by atoms with E-state index in [1.54, 1.807) is 43.4 Å². The number of carbonyl (C=O) groups is 3. The summed E-state index contributed by atoms with van der Waals surface area (Å²) in [7, 11) is 1.56. The first kappa shape index (κ1) is 40.7. The predicted molar refractivity (Wildman–Crippen MR) is 221 cm³/mol. The van der Waals surface area contributed by atoms with E-state index in [0.29, 0.717) is 41.0 Å². The molecule has 3 amide bonds. The molecule has 0 spiro atoms. The Labute approximate surface area is 348 Å². The first-order chi connectivity index (χ1) is 29.1. The molecule has 5 aromatic rings. The minimum absolute atomic E-state index is 0.0511. The quantitative estimate of drug-likeness (QED) is 0.162. The SMILES string of the molecule is CC(C)Oc1cc2nn(C3CCC(CN4CC[C@@H](c5ccc6c(c5)n(C)c(=O)n6C5CCC(=O)NC5=O)C(F)(F)C4)CC3)cc2cc1C(=O)Nc1cccn([C@H]2C[C@H]2F)c1=O. The predicted octanol–water partition coefficient (Wildman–Crippen LogP) is 6.01. The lowest BCUT2D eigenvalue weighted by molar-refractivity contribution is -0.135. The Balaban J connectivity index is 0.839. The summed E-state index contributed by atoms with van der Waals surface area (Å²) in [6, 6.07) is 10.2. The summed E-state index contributed by atoms with van der Waals surface area (Å²) in [6.07, 6.45) is 6.24. The summed E-state index contributed by atoms with van der Waals surface area (Å²) in [4.78, 5) is 66.1. The molecule has 2 N–H and O–H groups in total. The molecule has 1 unspecified atom stereocenters. The minimum atomic E-state index is -3.01. The van der Waals surface area contributed by atoms with E-state index in [9.17, 15) is 28.4 Å². The normalized spacial score (nSPS) is 25.6. The van der Waals surface area contributed by atoms with Crippen LogP contribution in [0.2, 0.25) is 0 Å². The number of imidazole rings is 1. The standard InChI is InChI=1S/C44H49F3N8O6/c1-24(2)61-38-20-33-27(17-29(38)40(57)48-32-5-4-15-53(42(32)59)36-19-31(36)45)22-54(50-33)28-9-6-25(7-10-28)21-52-16-14-30(44(46,47)23-52)26-8-11-34-37(18-26)51(3)43(60)55(34)35-12-13-39(56)49-41(35)58/h4-5,8,11,15,17-18,20,22,24-25,28,30-31,35-36H,6-7,9-10,12-14,16,19,21,23H2,1-3H3,(H,48,57)(H,49,56,58)/t25?,28?,30-,31+,35?,36-/m0/s1. The number of rotatable bonds is 10. The van der Waals surface area contributed by atoms with Crippen molar-refractivity contribution in [3.8, 4) is 5.75 Å². The average molecular weight is 843 g/mol. The third-order valence-corrected chi connectivity index (χ3v) is 12.9. The largest absolute Gasteiger partial charge is 0.490 e. The van der Waals surface area contributed by atoms with E-state index >= 15 is 8.78 Å². The minimum Gasteiger partial charge on any atom is -0.490 e. The van der Waals surface area contributed by atoms with Crippen molar-refractivity contribution in [3.63, 3.8) is 0 Å². The van der Waals surface area contributed by atoms with Crippen LogP contribution >= 0.6 is 0 Å². The highest BCUT2D eigenvalue weighted by Gasteiger charge is 2.46. The number of pyridine rings is 1. The van der Waals surface area contributed by atoms with E-state index in [2.05, 4.69) is 10.6 Å². The number of nitrogens with zero attached hydrogens (tertiary/aromatic N) is 6. The number of hydrogen-bond acceptors (Lipinski definition) is 8. The number of imide groups is 1. The summed E-state index contributed by atoms with van der Waals surface area (Å²) in [5.41, 5.74) is 1.41. The van der Waals surface area contributed by atoms with Gasteiger partial charge < -0.3 is 14.6 Å². The van der Waals surface area contributed by atoms with Gasteiger partial charge in [-0.25, -0.2) is 18.0 Å². The second-order valence-corrected chi connectivity index (χ2v) is 17.5. The number of nitrogens with one attached hydrogen (secondary N) is 2. The maximum Gasteiger partial charge on any atom is 0.329 e. The zero-order valence-corrected chi connectivity index (χ0v) is 34.3. The van der Waals surface area contributed by atoms with Gasteiger partial charge in [0, 0.05) is 50.3 Å². The van der Waals surface area contributed by atoms with Crippen molar-refractivity contribution in [2.45, 2.75) is 107 Å². The monoisotopic (exact) mass is 842 g/mol. The number of fused-ring (bicyclic) bond motifs is 2. The van der Waals surface area contributed by atoms with Gasteiger partial charge >= 0.3 is 5.69 Å². The molecule has 0 bridgehead atoms. The number of aryl methyl sites for hydroxylation is 1. The molecule has 2 saturated heterocycles. The topological polar surface area (TPSA) is 154 Å². The number of halogens is 3. The van der Waals surface area contributed by atoms with Crippen LogP contribution in [0.3, 0.4) is 0 Å². The number of benzene rings is 2. The number of amides is 3. The molecule has 14 nitrogen and oxygen atoms in total. The number of anilines is 1. The molecule has 5 heterocycles. The lowest BCUT2D eigenvalue weighted by atomic mass is 9.83. The van der Waals surface area contributed by atoms with Gasteiger partial charge in [0.1, 0.15) is 23.7 Å². The van der Waals surface area contributed by atoms with Gasteiger partial charge in [-0.15, -0.1) is 0 Å². The Hall–Kier alpha value is -5.71. The van der Waals surface area contributed by atoms with Crippen LogP contribution in [0.15, 0.2) is 64.4 Å². The van der Waals surface area contributed by atoms with Gasteiger partial charge in [-0.1, -0.05) is 6.07 Å². The smallest absolute Gasteiger partial charge is 0.329 e. The average Bonchev–Trinajstić information content (AvgIpc) is 3.70. The molecule has 4 fully saturated rings. The fourth-order valence-electron chi connectivity index (χ4n) is 9.64. The van der Waals surface area contributed by atoms with E-state index in [1.165, 1.54) is 26.0 Å². The number of aromatic nitrogens is 5. The number of hydrogen-bond donors (Lipinski definition) is 2. The van der Waals surface area contributed by atoms with Gasteiger partial charge in [-0.3, -0.25) is 43.2 Å². The molecule has 4 atom stereocenters. The molecule has 0 radical (unpaired) electrons. The second-order valence-electron chi connectivity index (χ2n) is 17.5. The Morgan fingerprint density at radius 3 is 2.49 bits per heavy atom. The maximum absolute atomic E-state index is 16.0. The van der Waals surface area contributed by atoms with E-state index in [-0.39, 0.29) is 67.4 Å². The summed E-state index contributed by atoms with van der Waals surface area (Å²) in [5.74, 6) is -4.93. The van der Waals surface area contributed by atoms with Crippen molar-refractivity contribution in [2.24, 2.45) is 13.0 Å². The van der Waals surface area contributed by atoms with E-state index in [1.807, 2.05) is 29.6 Å². The molecule has 2 aliphatic carbocycles. The van der Waals surface area contributed by atoms with Crippen molar-refractivity contribution in [3.05, 3.63) is 86.8 Å². The summed E-state index contributed by atoms with van der Waals surface area (Å²) < 4.78 is 57.7. The third-order valence-electron chi connectivity index (χ3n) is 12.9. The molecule has 17 heteroatoms. The fourth-order valence-corrected chi connectivity index (χ4v) is 9.64. The molecule has 61 heavy (non-hydrogen) atoms. The van der Waals surface area contributed by atoms with Gasteiger partial charge in [0.25, 0.3) is 17.4 Å². The van der Waals surface area contributed by atoms with Crippen LogP contribution in [0.1, 0.15) is 105 Å². The zero-order chi connectivity index (χ0) is 42.9. The Bertz CT molecular complexity index is 2680. The van der Waals surface area contributed by atoms with Crippen molar-refractivity contribution >= 4 is 45.3 Å². The van der Waals surface area contributed by atoms with Gasteiger partial charge in [0.05, 0.1) is 52.8 Å². The molecule has 4 aliphatic rings. The number of alkyl halides is 3. The second kappa shape index (κ2) is 15.6. The molecular weight excluding hydrogens is 794 g/mol. The van der Waals surface area contributed by atoms with Crippen LogP contribution in [0.4, 0.5) is 18.9 Å². The Morgan fingerprint density at radius 1 is 1.02 bits per heavy atom. The van der Waals surface area contributed by atoms with Crippen molar-refractivity contribution in [1.29, 1.82) is 0 Å². The highest BCUT2D eigenvalue weighted by atomic mass is 19.3. The number of likely N-dealkylation sites (tertiary alicyclic amines) is 1. The van der Waals surface area contributed by atoms with Crippen LogP contribution in [-0.4, -0.2) is 83.9 Å². The Kier molecular flexibility index (Phi) is 10.4. The van der Waals surface area contributed by atoms with Crippen LogP contribution in [0, 0.1) is 5.92 Å². The molecule has 9 rings (SSSR count). The third kappa shape index (κ3) is 7.76. The Morgan fingerprint density at radius 2 is 1.79 bits per heavy atom. The molecular formula is C44H49F3N8O6. The number of ether oxygens (including phenoxy) is 1. The van der Waals surface area contributed by atoms with Crippen molar-refractivity contribution in [2.75, 3.05) is 25.0 Å². The molecule has 2 saturated carbocycles. The summed E-state index contributed by atoms with van der Waals surface area (Å²) in [6.45, 7) is 4.40. The molecule has 2 aliphatic heterocycles. The zero-order valence-electron chi connectivity index (χ0n) is 34.3. The highest BCUT2D eigenvalue weighted by Crippen LogP contribution is 2.43. The fraction of sp³-hybridized carbons (Fsp3) is 0.500. The lowest BCUT2D eigenvalue weighted by Gasteiger charge is -2.41. The van der Waals surface area contributed by atoms with Gasteiger partial charge in [-0.2, -0.15) is 5.10 Å². The van der Waals surface area contributed by atoms with E-state index < -0.39 is 53.2 Å². The van der Waals surface area contributed by atoms with Crippen molar-refractivity contribution < 1.29 is 32.3 Å². The lowest BCUT2D eigenvalue weighted by Crippen LogP contribution is -2.49. The van der Waals surface area contributed by atoms with Crippen LogP contribution in [0.25, 0.3) is 21.9 Å². The van der Waals surface area contributed by atoms with Crippen LogP contribution < -0.4 is 26.6 Å². The number of piperidine rings is 2. The first-order valence-corrected chi connectivity index (χ1v) is 21.2. The molecule has 3 aromatic heterocycles. The van der Waals surface area contributed by atoms with Gasteiger partial charge in [0.2, 0.25) is 11.8 Å². The summed E-state index contributed by atoms with van der Waals surface area (Å²) in [5, 5.41) is 10.6. The number of carbonyl (C=O) groups excluding carboxylic acids is 3.